The number of halogens is 4. The molecule has 0 bridgehead atoms. The van der Waals surface area contributed by atoms with Gasteiger partial charge in [0.2, 0.25) is 0 Å². The minimum atomic E-state index is -4.28. The van der Waals surface area contributed by atoms with Gasteiger partial charge in [-0.3, -0.25) is 0 Å². The number of hydrogen-bond acceptors (Lipinski definition) is 40. The van der Waals surface area contributed by atoms with Gasteiger partial charge in [-0.25, -0.2) is 76.2 Å². The number of aliphatic hydroxyl groups excluding tert-OH is 2. The maximum absolute atomic E-state index is 14.7. The number of nitrogens with one attached hydrogen (secondary N) is 4. The minimum Gasteiger partial charge on any atom is -0.394 e. The Bertz CT molecular complexity index is 8880. The molecule has 0 unspecified atom stereocenters. The monoisotopic (exact) mass is 2120 g/mol. The molecular weight excluding hydrogens is 1950 g/mol. The summed E-state index contributed by atoms with van der Waals surface area (Å²) in [6, 6.07) is -21.5. The minimum absolute atomic E-state index is 0.000393. The van der Waals surface area contributed by atoms with Gasteiger partial charge >= 0.3 is 0 Å². The SMILES string of the molecule is [2H]c1c([2H])c([C@@H]2C[C@H]2Nc2nc(SCCC)nc3c2nnn3[C@]2([2H])C([2H])([2H])[C@]([2H])(OC([2H])([2H])C([2H])([2H])O)[C@@]([2H])(O)[C@@]2([2H])O)c([2H])c(F)c1C.[2H]c1c([2H])c([C@@H]2C[C@H]2Nc2nc(SCCC)nc3c2nnn3[C@]2([2H])C([2H])([2H])[C@]([2H])(OC([2H])([2H])CO)[C@@]([2H])(O)[C@@]2([2H])O)c([2H])c(F)c1C.[2H]c1c([2H])c([C@@H]2C[C@H]2Nc2nc(SCCC)nc3c2nnn3[C@]2([2H])C([2H])([2H])[C@]([2H])(OCC([2H])([2H])O)[C@@]([2H])(O)[C@@]2([2H])O)c([2H])c(F)c1C.[2H]c1c([2H])c([C@@H]2C[C@H]2Nc2nc(SCCC)nc3c2nnn3[C@]2([2H])C([2H])([2H])[C@]([2H])(OCCO)[C@@]([2H])(O)[C@@]2([2H])O)c([2H])c(F)c1C. The van der Waals surface area contributed by atoms with Gasteiger partial charge in [0.15, 0.2) is 88.6 Å². The molecule has 0 saturated heterocycles. The van der Waals surface area contributed by atoms with Crippen molar-refractivity contribution in [2.45, 2.75) is 298 Å². The van der Waals surface area contributed by atoms with Crippen molar-refractivity contribution < 1.29 is 158 Å². The number of aliphatic hydroxyl groups is 12. The average molecular weight is 2120 g/mol. The van der Waals surface area contributed by atoms with Crippen LogP contribution in [0.2, 0.25) is 0 Å². The van der Waals surface area contributed by atoms with E-state index in [0.717, 1.165) is 47.0 Å². The Morgan fingerprint density at radius 1 is 0.361 bits per heavy atom. The molecule has 0 amide bonds. The van der Waals surface area contributed by atoms with Gasteiger partial charge in [0.1, 0.15) is 71.9 Å². The highest BCUT2D eigenvalue weighted by atomic mass is 32.2. The molecule has 12 aromatic rings. The molecule has 144 heavy (non-hydrogen) atoms. The standard InChI is InChI=1S/4C24H31FN6O4S/c4*1-3-8-36-24-27-22(26-16-10-14(16)13-5-4-12(2)15(25)9-13)19-23(28-24)31(30-29-19)17-11-18(35-7-6-32)21(34)20(17)33/h4*4-5,9,14,16-18,20-21,32-34H,3,6-8,10-11H2,1-2H3,(H,26,27,28)/t4*14-,16+,17+,18-,20-,21+/m0000/s1/i4D,5D,6D2,7D2,9D,11D2,17D,18D,20D,21D;4D,5D,7D2,9D,11D2,17D,18D,20D,21D;4D,5D,6D2,9D,11D2,17D,18D,20D,21D;4D,5D,9D,11D2,17D,18D,20D,21D. The summed E-state index contributed by atoms with van der Waals surface area (Å²) < 4.78 is 445. The van der Waals surface area contributed by atoms with Gasteiger partial charge < -0.3 is 101 Å². The van der Waals surface area contributed by atoms with E-state index in [-0.39, 0.29) is 187 Å². The third kappa shape index (κ3) is 23.8. The fraction of sp³-hybridized carbons (Fsp3) is 0.583. The van der Waals surface area contributed by atoms with Gasteiger partial charge in [-0.15, -0.1) is 20.4 Å². The highest BCUT2D eigenvalue weighted by Crippen LogP contribution is 2.50. The molecule has 8 aromatic heterocycles. The van der Waals surface area contributed by atoms with E-state index in [1.54, 1.807) is 0 Å². The van der Waals surface area contributed by atoms with Gasteiger partial charge in [0.25, 0.3) is 0 Å². The Kier molecular flexibility index (Phi) is 20.8. The van der Waals surface area contributed by atoms with Crippen molar-refractivity contribution >= 4 is 115 Å². The lowest BCUT2D eigenvalue weighted by atomic mass is 10.1. The van der Waals surface area contributed by atoms with E-state index >= 15 is 0 Å². The molecule has 0 aliphatic heterocycles. The van der Waals surface area contributed by atoms with Crippen molar-refractivity contribution in [2.24, 2.45) is 0 Å². The third-order valence-corrected chi connectivity index (χ3v) is 26.3. The van der Waals surface area contributed by atoms with Crippen LogP contribution in [0.25, 0.3) is 44.7 Å². The number of anilines is 4. The molecule has 8 aliphatic rings. The van der Waals surface area contributed by atoms with Gasteiger partial charge in [0.05, 0.1) is 150 Å². The summed E-state index contributed by atoms with van der Waals surface area (Å²) in [7, 11) is 0. The van der Waals surface area contributed by atoms with Gasteiger partial charge in [-0.1, -0.05) is 144 Å². The first-order chi connectivity index (χ1) is 86.2. The van der Waals surface area contributed by atoms with E-state index in [1.807, 2.05) is 27.7 Å². The molecule has 16 N–H and O–H groups in total. The second-order valence-electron chi connectivity index (χ2n) is 32.5. The topological polar surface area (TPSA) is 554 Å². The van der Waals surface area contributed by atoms with Crippen molar-refractivity contribution in [3.05, 3.63) is 140 Å². The van der Waals surface area contributed by atoms with E-state index in [0.29, 0.717) is 64.5 Å². The molecule has 8 heterocycles. The summed E-state index contributed by atoms with van der Waals surface area (Å²) in [5, 5.41) is 169. The van der Waals surface area contributed by atoms with Gasteiger partial charge in [0, 0.05) is 107 Å². The van der Waals surface area contributed by atoms with Crippen molar-refractivity contribution in [3.63, 3.8) is 0 Å². The summed E-state index contributed by atoms with van der Waals surface area (Å²) in [4.78, 5) is 34.8. The van der Waals surface area contributed by atoms with Crippen LogP contribution in [0.15, 0.2) is 93.1 Å². The summed E-state index contributed by atoms with van der Waals surface area (Å²) in [6.45, 7) is -6.24. The van der Waals surface area contributed by atoms with E-state index in [4.69, 9.17) is 74.5 Å². The van der Waals surface area contributed by atoms with E-state index in [2.05, 4.69) is 107 Å². The Balaban J connectivity index is 0.000000164. The number of nitrogens with zero attached hydrogens (tertiary/aromatic N) is 20. The number of thioether (sulfide) groups is 4. The lowest BCUT2D eigenvalue weighted by Crippen LogP contribution is -2.33. The van der Waals surface area contributed by atoms with Crippen molar-refractivity contribution in [2.75, 3.05) is 96.9 Å². The van der Waals surface area contributed by atoms with Crippen LogP contribution < -0.4 is 21.3 Å². The van der Waals surface area contributed by atoms with Crippen LogP contribution in [0.1, 0.15) is 257 Å². The molecule has 8 aliphatic carbocycles. The largest absolute Gasteiger partial charge is 0.394 e. The predicted octanol–water partition coefficient (Wildman–Crippen LogP) is 8.73. The Labute approximate surface area is 905 Å². The molecule has 0 spiro atoms. The molecular formula is C96H124F4N24O16S4. The third-order valence-electron chi connectivity index (χ3n) is 22.1. The second-order valence-corrected chi connectivity index (χ2v) is 36.8. The summed E-state index contributed by atoms with van der Waals surface area (Å²) in [6.07, 6.45) is -58.9. The number of benzene rings is 4. The first-order valence-corrected chi connectivity index (χ1v) is 48.4. The van der Waals surface area contributed by atoms with E-state index < -0.39 is 293 Å². The van der Waals surface area contributed by atoms with Crippen molar-refractivity contribution in [1.82, 2.24) is 99.8 Å². The second kappa shape index (κ2) is 47.3. The maximum Gasteiger partial charge on any atom is 0.191 e. The Morgan fingerprint density at radius 2 is 0.618 bits per heavy atom. The van der Waals surface area contributed by atoms with Gasteiger partial charge in [-0.05, 0) is 148 Å². The average Bonchev–Trinajstić information content (AvgIpc) is 1.48. The first-order valence-electron chi connectivity index (χ1n) is 66.5. The quantitative estimate of drug-likeness (QED) is 0.00969. The molecule has 24 atom stereocenters. The van der Waals surface area contributed by atoms with Crippen LogP contribution in [0.3, 0.4) is 0 Å². The normalized spacial score (nSPS) is 42.0. The van der Waals surface area contributed by atoms with Crippen LogP contribution in [0.4, 0.5) is 40.8 Å². The lowest BCUT2D eigenvalue weighted by Gasteiger charge is -2.17. The lowest BCUT2D eigenvalue weighted by molar-refractivity contribution is -0.0629. The fourth-order valence-electron chi connectivity index (χ4n) is 14.4. The summed E-state index contributed by atoms with van der Waals surface area (Å²) in [5.41, 5.74) is -3.38. The van der Waals surface area contributed by atoms with Crippen molar-refractivity contribution in [1.29, 1.82) is 0 Å². The van der Waals surface area contributed by atoms with E-state index in [9.17, 15) is 78.8 Å². The van der Waals surface area contributed by atoms with Crippen LogP contribution >= 0.6 is 47.0 Å². The van der Waals surface area contributed by atoms with Crippen LogP contribution in [0.5, 0.6) is 0 Å². The van der Waals surface area contributed by atoms with Crippen molar-refractivity contribution in [3.8, 4) is 0 Å². The fourth-order valence-corrected chi connectivity index (χ4v) is 17.1. The predicted molar refractivity (Wildman–Crippen MR) is 530 cm³/mol. The number of fused-ring (bicyclic) bond motifs is 4. The molecule has 8 fully saturated rings. The molecule has 40 nitrogen and oxygen atoms in total. The van der Waals surface area contributed by atoms with Gasteiger partial charge in [-0.2, -0.15) is 0 Å². The zero-order valence-electron chi connectivity index (χ0n) is 121. The van der Waals surface area contributed by atoms with Crippen LogP contribution in [-0.4, -0.2) is 334 Å². The zero-order chi connectivity index (χ0) is 141. The Morgan fingerprint density at radius 3 is 0.861 bits per heavy atom. The number of hydrogen-bond donors (Lipinski definition) is 16. The van der Waals surface area contributed by atoms with Crippen LogP contribution in [0, 0.1) is 51.0 Å². The molecule has 0 radical (unpaired) electrons. The first kappa shape index (κ1) is 63.3. The number of ether oxygens (including phenoxy) is 4. The highest BCUT2D eigenvalue weighted by Gasteiger charge is 2.51. The molecule has 20 rings (SSSR count). The number of rotatable bonds is 40. The molecule has 48 heteroatoms. The smallest absolute Gasteiger partial charge is 0.191 e. The molecule has 4 aromatic carbocycles. The summed E-state index contributed by atoms with van der Waals surface area (Å²) >= 11 is 4.47. The number of aromatic nitrogens is 20. The molecule has 776 valence electrons. The summed E-state index contributed by atoms with van der Waals surface area (Å²) in [5.74, 6) is -4.34. The highest BCUT2D eigenvalue weighted by molar-refractivity contribution is 7.99. The maximum atomic E-state index is 14.7. The molecule has 8 saturated carbocycles. The van der Waals surface area contributed by atoms with Crippen LogP contribution in [-0.2, 0) is 18.9 Å². The Hall–Kier alpha value is -9.52. The van der Waals surface area contributed by atoms with E-state index in [1.165, 1.54) is 27.7 Å². The zero-order valence-corrected chi connectivity index (χ0v) is 80.3.